The van der Waals surface area contributed by atoms with Crippen LogP contribution in [0.25, 0.3) is 0 Å². The molecular weight excluding hydrogens is 204 g/mol. The van der Waals surface area contributed by atoms with Crippen molar-refractivity contribution in [2.24, 2.45) is 5.41 Å². The molecule has 0 aromatic rings. The van der Waals surface area contributed by atoms with Gasteiger partial charge in [-0.2, -0.15) is 0 Å². The Balaban J connectivity index is 2.13. The highest BCUT2D eigenvalue weighted by Crippen LogP contribution is 2.25. The number of hydrogen-bond acceptors (Lipinski definition) is 3. The smallest absolute Gasteiger partial charge is 0.157 e. The standard InChI is InChI=1S/C13H26O3/c1-13(2,8-4-5-9-14)11-16-12-7-3-6-10-15-12/h12,14H,3-11H2,1-2H3/t12-/m0/s1. The molecule has 16 heavy (non-hydrogen) atoms. The molecule has 1 N–H and O–H groups in total. The molecule has 0 bridgehead atoms. The molecule has 1 aliphatic rings. The van der Waals surface area contributed by atoms with Crippen LogP contribution in [0.5, 0.6) is 0 Å². The van der Waals surface area contributed by atoms with Crippen LogP contribution in [0.2, 0.25) is 0 Å². The quantitative estimate of drug-likeness (QED) is 0.683. The van der Waals surface area contributed by atoms with Gasteiger partial charge in [0.1, 0.15) is 0 Å². The Bertz CT molecular complexity index is 174. The lowest BCUT2D eigenvalue weighted by Crippen LogP contribution is -2.28. The van der Waals surface area contributed by atoms with Gasteiger partial charge in [-0.3, -0.25) is 0 Å². The van der Waals surface area contributed by atoms with Crippen LogP contribution in [0.1, 0.15) is 52.4 Å². The zero-order valence-electron chi connectivity index (χ0n) is 10.7. The maximum absolute atomic E-state index is 8.75. The van der Waals surface area contributed by atoms with E-state index >= 15 is 0 Å². The summed E-state index contributed by atoms with van der Waals surface area (Å²) in [6, 6.07) is 0. The van der Waals surface area contributed by atoms with E-state index in [2.05, 4.69) is 13.8 Å². The van der Waals surface area contributed by atoms with Crippen LogP contribution in [-0.2, 0) is 9.47 Å². The van der Waals surface area contributed by atoms with Crippen LogP contribution in [0.15, 0.2) is 0 Å². The van der Waals surface area contributed by atoms with Gasteiger partial charge >= 0.3 is 0 Å². The Morgan fingerprint density at radius 3 is 2.75 bits per heavy atom. The van der Waals surface area contributed by atoms with Crippen molar-refractivity contribution < 1.29 is 14.6 Å². The fourth-order valence-corrected chi connectivity index (χ4v) is 1.95. The molecule has 1 heterocycles. The van der Waals surface area contributed by atoms with Gasteiger partial charge in [-0.15, -0.1) is 0 Å². The summed E-state index contributed by atoms with van der Waals surface area (Å²) in [6.45, 7) is 6.32. The average molecular weight is 230 g/mol. The second-order valence-electron chi connectivity index (χ2n) is 5.45. The second-order valence-corrected chi connectivity index (χ2v) is 5.45. The third-order valence-corrected chi connectivity index (χ3v) is 3.06. The summed E-state index contributed by atoms with van der Waals surface area (Å²) in [5.74, 6) is 0. The maximum Gasteiger partial charge on any atom is 0.157 e. The third-order valence-electron chi connectivity index (χ3n) is 3.06. The maximum atomic E-state index is 8.75. The van der Waals surface area contributed by atoms with E-state index in [-0.39, 0.29) is 11.7 Å². The van der Waals surface area contributed by atoms with Gasteiger partial charge in [-0.1, -0.05) is 20.3 Å². The van der Waals surface area contributed by atoms with E-state index in [1.54, 1.807) is 0 Å². The fourth-order valence-electron chi connectivity index (χ4n) is 1.95. The number of rotatable bonds is 7. The molecule has 0 radical (unpaired) electrons. The van der Waals surface area contributed by atoms with Crippen molar-refractivity contribution in [2.75, 3.05) is 19.8 Å². The summed E-state index contributed by atoms with van der Waals surface area (Å²) >= 11 is 0. The summed E-state index contributed by atoms with van der Waals surface area (Å²) < 4.78 is 11.3. The van der Waals surface area contributed by atoms with Crippen molar-refractivity contribution in [3.8, 4) is 0 Å². The predicted molar refractivity (Wildman–Crippen MR) is 64.3 cm³/mol. The molecule has 1 fully saturated rings. The Morgan fingerprint density at radius 1 is 1.31 bits per heavy atom. The van der Waals surface area contributed by atoms with Crippen molar-refractivity contribution in [2.45, 2.75) is 58.7 Å². The number of hydrogen-bond donors (Lipinski definition) is 1. The minimum absolute atomic E-state index is 0.0193. The van der Waals surface area contributed by atoms with Crippen molar-refractivity contribution in [3.63, 3.8) is 0 Å². The van der Waals surface area contributed by atoms with Gasteiger partial charge in [-0.25, -0.2) is 0 Å². The fraction of sp³-hybridized carbons (Fsp3) is 1.00. The normalized spacial score (nSPS) is 22.3. The van der Waals surface area contributed by atoms with E-state index in [1.165, 1.54) is 12.8 Å². The van der Waals surface area contributed by atoms with Gasteiger partial charge in [0.05, 0.1) is 6.61 Å². The average Bonchev–Trinajstić information content (AvgIpc) is 2.28. The Labute approximate surface area is 99.1 Å². The lowest BCUT2D eigenvalue weighted by molar-refractivity contribution is -0.176. The highest BCUT2D eigenvalue weighted by molar-refractivity contribution is 4.68. The van der Waals surface area contributed by atoms with Crippen LogP contribution in [0, 0.1) is 5.41 Å². The van der Waals surface area contributed by atoms with Gasteiger partial charge in [0, 0.05) is 13.2 Å². The molecule has 0 aromatic heterocycles. The summed E-state index contributed by atoms with van der Waals surface area (Å²) in [6.07, 6.45) is 6.50. The third kappa shape index (κ3) is 5.83. The van der Waals surface area contributed by atoms with Crippen molar-refractivity contribution in [1.82, 2.24) is 0 Å². The molecule has 0 saturated carbocycles. The molecule has 3 nitrogen and oxygen atoms in total. The molecule has 1 aliphatic heterocycles. The zero-order valence-corrected chi connectivity index (χ0v) is 10.7. The van der Waals surface area contributed by atoms with Crippen LogP contribution >= 0.6 is 0 Å². The van der Waals surface area contributed by atoms with Crippen LogP contribution in [0.3, 0.4) is 0 Å². The summed E-state index contributed by atoms with van der Waals surface area (Å²) in [7, 11) is 0. The Hall–Kier alpha value is -0.120. The number of aliphatic hydroxyl groups excluding tert-OH is 1. The van der Waals surface area contributed by atoms with Crippen LogP contribution in [-0.4, -0.2) is 31.2 Å². The van der Waals surface area contributed by atoms with Crippen molar-refractivity contribution in [1.29, 1.82) is 0 Å². The minimum atomic E-state index is 0.0193. The van der Waals surface area contributed by atoms with E-state index < -0.39 is 0 Å². The molecular formula is C13H26O3. The summed E-state index contributed by atoms with van der Waals surface area (Å²) in [4.78, 5) is 0. The van der Waals surface area contributed by atoms with E-state index in [0.29, 0.717) is 6.61 Å². The molecule has 1 atom stereocenters. The first-order chi connectivity index (χ1) is 7.64. The summed E-state index contributed by atoms with van der Waals surface area (Å²) in [5.41, 5.74) is 0.190. The topological polar surface area (TPSA) is 38.7 Å². The molecule has 1 rings (SSSR count). The minimum Gasteiger partial charge on any atom is -0.396 e. The second kappa shape index (κ2) is 7.25. The van der Waals surface area contributed by atoms with E-state index in [0.717, 1.165) is 38.9 Å². The number of aliphatic hydroxyl groups is 1. The molecule has 96 valence electrons. The van der Waals surface area contributed by atoms with Gasteiger partial charge in [0.2, 0.25) is 0 Å². The number of ether oxygens (including phenoxy) is 2. The van der Waals surface area contributed by atoms with Crippen molar-refractivity contribution >= 4 is 0 Å². The molecule has 0 spiro atoms. The van der Waals surface area contributed by atoms with Gasteiger partial charge in [0.25, 0.3) is 0 Å². The number of unbranched alkanes of at least 4 members (excludes halogenated alkanes) is 1. The molecule has 0 unspecified atom stereocenters. The van der Waals surface area contributed by atoms with Crippen molar-refractivity contribution in [3.05, 3.63) is 0 Å². The van der Waals surface area contributed by atoms with Crippen LogP contribution in [0.4, 0.5) is 0 Å². The van der Waals surface area contributed by atoms with Gasteiger partial charge in [0.15, 0.2) is 6.29 Å². The highest BCUT2D eigenvalue weighted by atomic mass is 16.7. The molecule has 3 heteroatoms. The molecule has 1 saturated heterocycles. The van der Waals surface area contributed by atoms with E-state index in [1.807, 2.05) is 0 Å². The largest absolute Gasteiger partial charge is 0.396 e. The zero-order chi connectivity index (χ0) is 11.9. The first kappa shape index (κ1) is 13.9. The monoisotopic (exact) mass is 230 g/mol. The van der Waals surface area contributed by atoms with Gasteiger partial charge < -0.3 is 14.6 Å². The predicted octanol–water partition coefficient (Wildman–Crippen LogP) is 2.72. The first-order valence-electron chi connectivity index (χ1n) is 6.48. The lowest BCUT2D eigenvalue weighted by Gasteiger charge is -2.29. The summed E-state index contributed by atoms with van der Waals surface area (Å²) in [5, 5.41) is 8.75. The molecule has 0 aliphatic carbocycles. The Kier molecular flexibility index (Phi) is 6.32. The van der Waals surface area contributed by atoms with E-state index in [9.17, 15) is 0 Å². The Morgan fingerprint density at radius 2 is 2.12 bits per heavy atom. The SMILES string of the molecule is CC(C)(CCCCO)CO[C@H]1CCCCO1. The van der Waals surface area contributed by atoms with E-state index in [4.69, 9.17) is 14.6 Å². The molecule has 0 aromatic carbocycles. The highest BCUT2D eigenvalue weighted by Gasteiger charge is 2.21. The van der Waals surface area contributed by atoms with Crippen LogP contribution < -0.4 is 0 Å². The first-order valence-corrected chi connectivity index (χ1v) is 6.48. The van der Waals surface area contributed by atoms with Gasteiger partial charge in [-0.05, 0) is 37.5 Å². The lowest BCUT2D eigenvalue weighted by atomic mass is 9.88. The molecule has 0 amide bonds.